The molecule has 2 N–H and O–H groups in total. The smallest absolute Gasteiger partial charge is 0.264 e. The summed E-state index contributed by atoms with van der Waals surface area (Å²) in [5.74, 6) is -0.824. The highest BCUT2D eigenvalue weighted by Crippen LogP contribution is 2.31. The number of hydrogen-bond donors (Lipinski definition) is 2. The number of para-hydroxylation sites is 2. The van der Waals surface area contributed by atoms with Crippen LogP contribution in [0.3, 0.4) is 0 Å². The number of benzene rings is 2. The van der Waals surface area contributed by atoms with Crippen molar-refractivity contribution in [3.05, 3.63) is 47.8 Å². The van der Waals surface area contributed by atoms with Gasteiger partial charge in [-0.15, -0.1) is 0 Å². The van der Waals surface area contributed by atoms with E-state index in [-0.39, 0.29) is 18.0 Å². The number of methoxy groups -OCH3 is 1. The average molecular weight is 350 g/mol. The molecule has 6 nitrogen and oxygen atoms in total. The van der Waals surface area contributed by atoms with Gasteiger partial charge in [0.05, 0.1) is 12.8 Å². The van der Waals surface area contributed by atoms with Gasteiger partial charge in [0.25, 0.3) is 10.0 Å². The lowest BCUT2D eigenvalue weighted by atomic mass is 10.0. The molecule has 1 amide bonds. The highest BCUT2D eigenvalue weighted by atomic mass is 32.2. The Hall–Kier alpha value is -2.61. The first kappa shape index (κ1) is 16.3. The Labute approximate surface area is 138 Å². The van der Waals surface area contributed by atoms with E-state index in [1.165, 1.54) is 19.2 Å². The molecule has 0 saturated heterocycles. The van der Waals surface area contributed by atoms with Crippen molar-refractivity contribution < 1.29 is 22.3 Å². The molecule has 0 spiro atoms. The van der Waals surface area contributed by atoms with E-state index in [0.29, 0.717) is 23.4 Å². The normalized spacial score (nSPS) is 13.8. The fourth-order valence-corrected chi connectivity index (χ4v) is 3.70. The summed E-state index contributed by atoms with van der Waals surface area (Å²) in [6.45, 7) is 0. The molecule has 126 valence electrons. The summed E-state index contributed by atoms with van der Waals surface area (Å²) in [6.07, 6.45) is 0.594. The Kier molecular flexibility index (Phi) is 4.15. The van der Waals surface area contributed by atoms with Gasteiger partial charge < -0.3 is 10.1 Å². The van der Waals surface area contributed by atoms with Crippen molar-refractivity contribution in [2.45, 2.75) is 17.7 Å². The quantitative estimate of drug-likeness (QED) is 0.887. The molecule has 2 aromatic carbocycles. The first-order chi connectivity index (χ1) is 11.4. The maximum Gasteiger partial charge on any atom is 0.264 e. The first-order valence-corrected chi connectivity index (χ1v) is 8.67. The first-order valence-electron chi connectivity index (χ1n) is 7.19. The van der Waals surface area contributed by atoms with Crippen LogP contribution in [0.2, 0.25) is 0 Å². The van der Waals surface area contributed by atoms with Crippen molar-refractivity contribution in [3.8, 4) is 5.75 Å². The van der Waals surface area contributed by atoms with Gasteiger partial charge in [0.1, 0.15) is 16.5 Å². The standard InChI is InChI=1S/C16H15FN2O4S/c1-23-14-5-3-2-4-12(14)19-24(21,22)15-8-10-6-7-16(20)18-13(10)9-11(15)17/h2-5,8-9,19H,6-7H2,1H3,(H,18,20). The van der Waals surface area contributed by atoms with Crippen molar-refractivity contribution >= 4 is 27.3 Å². The van der Waals surface area contributed by atoms with Crippen molar-refractivity contribution in [2.24, 2.45) is 0 Å². The van der Waals surface area contributed by atoms with E-state index in [0.717, 1.165) is 6.07 Å². The number of rotatable bonds is 4. The number of halogens is 1. The molecule has 8 heteroatoms. The van der Waals surface area contributed by atoms with E-state index in [1.54, 1.807) is 18.2 Å². The number of anilines is 2. The SMILES string of the molecule is COc1ccccc1NS(=O)(=O)c1cc2c(cc1F)NC(=O)CC2. The van der Waals surface area contributed by atoms with Gasteiger partial charge in [0.2, 0.25) is 5.91 Å². The lowest BCUT2D eigenvalue weighted by molar-refractivity contribution is -0.116. The summed E-state index contributed by atoms with van der Waals surface area (Å²) in [6, 6.07) is 8.73. The fraction of sp³-hybridized carbons (Fsp3) is 0.188. The van der Waals surface area contributed by atoms with Crippen LogP contribution in [0.4, 0.5) is 15.8 Å². The summed E-state index contributed by atoms with van der Waals surface area (Å²) in [7, 11) is -2.73. The Bertz CT molecular complexity index is 912. The number of hydrogen-bond acceptors (Lipinski definition) is 4. The van der Waals surface area contributed by atoms with Crippen molar-refractivity contribution in [2.75, 3.05) is 17.1 Å². The maximum atomic E-state index is 14.3. The second-order valence-electron chi connectivity index (χ2n) is 5.29. The third-order valence-corrected chi connectivity index (χ3v) is 5.07. The monoisotopic (exact) mass is 350 g/mol. The summed E-state index contributed by atoms with van der Waals surface area (Å²) < 4.78 is 46.8. The van der Waals surface area contributed by atoms with Crippen molar-refractivity contribution in [3.63, 3.8) is 0 Å². The molecule has 0 aliphatic carbocycles. The zero-order chi connectivity index (χ0) is 17.3. The fourth-order valence-electron chi connectivity index (χ4n) is 2.51. The van der Waals surface area contributed by atoms with E-state index in [1.807, 2.05) is 0 Å². The summed E-state index contributed by atoms with van der Waals surface area (Å²) in [4.78, 5) is 10.9. The second-order valence-corrected chi connectivity index (χ2v) is 6.94. The Morgan fingerprint density at radius 3 is 2.71 bits per heavy atom. The zero-order valence-corrected chi connectivity index (χ0v) is 13.6. The molecule has 0 radical (unpaired) electrons. The van der Waals surface area contributed by atoms with Crippen LogP contribution in [0.5, 0.6) is 5.75 Å². The number of nitrogens with one attached hydrogen (secondary N) is 2. The topological polar surface area (TPSA) is 84.5 Å². The van der Waals surface area contributed by atoms with Gasteiger partial charge in [-0.1, -0.05) is 12.1 Å². The van der Waals surface area contributed by atoms with Crippen LogP contribution in [-0.4, -0.2) is 21.4 Å². The minimum absolute atomic E-state index is 0.213. The van der Waals surface area contributed by atoms with E-state index in [4.69, 9.17) is 4.74 Å². The average Bonchev–Trinajstić information content (AvgIpc) is 2.54. The summed E-state index contributed by atoms with van der Waals surface area (Å²) in [5, 5.41) is 2.53. The van der Waals surface area contributed by atoms with Crippen LogP contribution in [0, 0.1) is 5.82 Å². The number of amides is 1. The molecule has 1 heterocycles. The number of aryl methyl sites for hydroxylation is 1. The van der Waals surface area contributed by atoms with Gasteiger partial charge in [-0.25, -0.2) is 12.8 Å². The highest BCUT2D eigenvalue weighted by Gasteiger charge is 2.25. The number of sulfonamides is 1. The van der Waals surface area contributed by atoms with E-state index in [2.05, 4.69) is 10.0 Å². The third kappa shape index (κ3) is 3.05. The number of carbonyl (C=O) groups is 1. The largest absolute Gasteiger partial charge is 0.495 e. The zero-order valence-electron chi connectivity index (χ0n) is 12.8. The molecule has 1 aliphatic rings. The predicted octanol–water partition coefficient (Wildman–Crippen LogP) is 2.52. The lowest BCUT2D eigenvalue weighted by Gasteiger charge is -2.19. The van der Waals surface area contributed by atoms with Crippen LogP contribution >= 0.6 is 0 Å². The van der Waals surface area contributed by atoms with Gasteiger partial charge in [-0.05, 0) is 36.2 Å². The van der Waals surface area contributed by atoms with Gasteiger partial charge in [-0.2, -0.15) is 0 Å². The highest BCUT2D eigenvalue weighted by molar-refractivity contribution is 7.92. The van der Waals surface area contributed by atoms with Gasteiger partial charge in [0.15, 0.2) is 0 Å². The molecule has 0 atom stereocenters. The van der Waals surface area contributed by atoms with E-state index < -0.39 is 20.7 Å². The van der Waals surface area contributed by atoms with Gasteiger partial charge in [0, 0.05) is 12.1 Å². The molecule has 2 aromatic rings. The summed E-state index contributed by atoms with van der Waals surface area (Å²) >= 11 is 0. The molecule has 0 fully saturated rings. The second kappa shape index (κ2) is 6.12. The third-order valence-electron chi connectivity index (χ3n) is 3.69. The van der Waals surface area contributed by atoms with Crippen LogP contribution in [-0.2, 0) is 21.2 Å². The molecule has 0 unspecified atom stereocenters. The molecule has 0 aromatic heterocycles. The van der Waals surface area contributed by atoms with Gasteiger partial charge in [-0.3, -0.25) is 9.52 Å². The Morgan fingerprint density at radius 1 is 1.21 bits per heavy atom. The number of carbonyl (C=O) groups excluding carboxylic acids is 1. The molecule has 3 rings (SSSR count). The minimum atomic E-state index is -4.14. The molecule has 0 saturated carbocycles. The van der Waals surface area contributed by atoms with Crippen LogP contribution in [0.15, 0.2) is 41.3 Å². The number of fused-ring (bicyclic) bond motifs is 1. The summed E-state index contributed by atoms with van der Waals surface area (Å²) in [5.41, 5.74) is 1.10. The Balaban J connectivity index is 2.00. The van der Waals surface area contributed by atoms with E-state index in [9.17, 15) is 17.6 Å². The van der Waals surface area contributed by atoms with E-state index >= 15 is 0 Å². The molecular formula is C16H15FN2O4S. The lowest BCUT2D eigenvalue weighted by Crippen LogP contribution is -2.21. The van der Waals surface area contributed by atoms with Crippen LogP contribution < -0.4 is 14.8 Å². The Morgan fingerprint density at radius 2 is 1.96 bits per heavy atom. The molecular weight excluding hydrogens is 335 g/mol. The molecule has 24 heavy (non-hydrogen) atoms. The molecule has 0 bridgehead atoms. The van der Waals surface area contributed by atoms with Crippen molar-refractivity contribution in [1.82, 2.24) is 0 Å². The van der Waals surface area contributed by atoms with Gasteiger partial charge >= 0.3 is 0 Å². The number of ether oxygens (including phenoxy) is 1. The minimum Gasteiger partial charge on any atom is -0.495 e. The van der Waals surface area contributed by atoms with Crippen LogP contribution in [0.25, 0.3) is 0 Å². The predicted molar refractivity (Wildman–Crippen MR) is 87.2 cm³/mol. The van der Waals surface area contributed by atoms with Crippen molar-refractivity contribution in [1.29, 1.82) is 0 Å². The van der Waals surface area contributed by atoms with Crippen LogP contribution in [0.1, 0.15) is 12.0 Å². The molecule has 1 aliphatic heterocycles. The maximum absolute atomic E-state index is 14.3.